The molecule has 0 heterocycles. The average molecular weight is 258 g/mol. The molecule has 0 aromatic carbocycles. The highest BCUT2D eigenvalue weighted by molar-refractivity contribution is 5.78. The predicted octanol–water partition coefficient (Wildman–Crippen LogP) is 2.34. The highest BCUT2D eigenvalue weighted by Crippen LogP contribution is 2.19. The Morgan fingerprint density at radius 3 is 2.11 bits per heavy atom. The molecule has 0 aromatic rings. The molecule has 0 saturated heterocycles. The minimum Gasteiger partial charge on any atom is -0.480 e. The fourth-order valence-electron chi connectivity index (χ4n) is 2.30. The first-order chi connectivity index (χ1) is 8.14. The van der Waals surface area contributed by atoms with Crippen molar-refractivity contribution < 1.29 is 9.90 Å². The topological polar surface area (TPSA) is 52.6 Å². The first-order valence-electron chi connectivity index (χ1n) is 6.87. The van der Waals surface area contributed by atoms with Crippen LogP contribution in [0.5, 0.6) is 0 Å². The lowest BCUT2D eigenvalue weighted by Crippen LogP contribution is -2.56. The number of hydrogen-bond acceptors (Lipinski definition) is 3. The Bertz CT molecular complexity index is 269. The number of carboxylic acids is 1. The van der Waals surface area contributed by atoms with Crippen LogP contribution in [0.2, 0.25) is 0 Å². The molecule has 0 aliphatic rings. The molecule has 18 heavy (non-hydrogen) atoms. The Kier molecular flexibility index (Phi) is 6.86. The molecule has 2 N–H and O–H groups in total. The Morgan fingerprint density at radius 2 is 1.78 bits per heavy atom. The molecule has 4 nitrogen and oxygen atoms in total. The molecule has 3 atom stereocenters. The van der Waals surface area contributed by atoms with Crippen molar-refractivity contribution in [3.8, 4) is 0 Å². The third-order valence-electron chi connectivity index (χ3n) is 3.76. The maximum absolute atomic E-state index is 11.5. The number of nitrogens with one attached hydrogen (secondary N) is 1. The maximum atomic E-state index is 11.5. The smallest absolute Gasteiger partial charge is 0.323 e. The van der Waals surface area contributed by atoms with Crippen LogP contribution in [0.15, 0.2) is 0 Å². The van der Waals surface area contributed by atoms with E-state index in [2.05, 4.69) is 38.0 Å². The Morgan fingerprint density at radius 1 is 1.28 bits per heavy atom. The highest BCUT2D eigenvalue weighted by atomic mass is 16.4. The van der Waals surface area contributed by atoms with Gasteiger partial charge in [-0.3, -0.25) is 10.1 Å². The van der Waals surface area contributed by atoms with Crippen LogP contribution in [0, 0.1) is 0 Å². The van der Waals surface area contributed by atoms with Crippen LogP contribution >= 0.6 is 0 Å². The molecule has 0 amide bonds. The third kappa shape index (κ3) is 4.94. The number of hydrogen-bond donors (Lipinski definition) is 2. The van der Waals surface area contributed by atoms with Crippen molar-refractivity contribution in [2.45, 2.75) is 78.0 Å². The van der Waals surface area contributed by atoms with E-state index in [1.54, 1.807) is 6.92 Å². The van der Waals surface area contributed by atoms with Gasteiger partial charge in [0, 0.05) is 18.1 Å². The number of aliphatic carboxylic acids is 1. The molecule has 0 aliphatic heterocycles. The monoisotopic (exact) mass is 258 g/mol. The zero-order valence-electron chi connectivity index (χ0n) is 12.9. The summed E-state index contributed by atoms with van der Waals surface area (Å²) >= 11 is 0. The third-order valence-corrected chi connectivity index (χ3v) is 3.76. The van der Waals surface area contributed by atoms with E-state index in [0.29, 0.717) is 12.5 Å². The van der Waals surface area contributed by atoms with E-state index in [1.807, 2.05) is 13.8 Å². The zero-order chi connectivity index (χ0) is 14.5. The Hall–Kier alpha value is -0.610. The molecule has 108 valence electrons. The van der Waals surface area contributed by atoms with Crippen molar-refractivity contribution in [3.63, 3.8) is 0 Å². The van der Waals surface area contributed by atoms with E-state index >= 15 is 0 Å². The molecule has 3 unspecified atom stereocenters. The SMILES string of the molecule is CCC(C)N(C)C(C)CC(C)(NC(C)C)C(=O)O. The quantitative estimate of drug-likeness (QED) is 0.701. The molecule has 0 bridgehead atoms. The van der Waals surface area contributed by atoms with Crippen LogP contribution < -0.4 is 5.32 Å². The molecule has 0 radical (unpaired) electrons. The van der Waals surface area contributed by atoms with Gasteiger partial charge in [0.05, 0.1) is 0 Å². The zero-order valence-corrected chi connectivity index (χ0v) is 12.9. The molecule has 0 fully saturated rings. The molecule has 0 spiro atoms. The van der Waals surface area contributed by atoms with Crippen molar-refractivity contribution in [2.24, 2.45) is 0 Å². The highest BCUT2D eigenvalue weighted by Gasteiger charge is 2.36. The summed E-state index contributed by atoms with van der Waals surface area (Å²) in [6.07, 6.45) is 1.67. The molecule has 0 saturated carbocycles. The first kappa shape index (κ1) is 17.4. The van der Waals surface area contributed by atoms with Crippen LogP contribution in [-0.2, 0) is 4.79 Å². The normalized spacial score (nSPS) is 18.7. The second-order valence-electron chi connectivity index (χ2n) is 5.91. The fourth-order valence-corrected chi connectivity index (χ4v) is 2.30. The van der Waals surface area contributed by atoms with E-state index in [0.717, 1.165) is 6.42 Å². The molecule has 4 heteroatoms. The lowest BCUT2D eigenvalue weighted by molar-refractivity contribution is -0.145. The van der Waals surface area contributed by atoms with Crippen molar-refractivity contribution in [1.29, 1.82) is 0 Å². The summed E-state index contributed by atoms with van der Waals surface area (Å²) in [6, 6.07) is 0.858. The number of carboxylic acid groups (broad SMARTS) is 1. The standard InChI is InChI=1S/C14H30N2O2/c1-8-11(4)16(7)12(5)9-14(6,13(17)18)15-10(2)3/h10-12,15H,8-9H2,1-7H3,(H,17,18). The fraction of sp³-hybridized carbons (Fsp3) is 0.929. The van der Waals surface area contributed by atoms with Gasteiger partial charge in [0.2, 0.25) is 0 Å². The van der Waals surface area contributed by atoms with Gasteiger partial charge < -0.3 is 10.0 Å². The van der Waals surface area contributed by atoms with E-state index in [9.17, 15) is 9.90 Å². The molecular weight excluding hydrogens is 228 g/mol. The van der Waals surface area contributed by atoms with E-state index in [-0.39, 0.29) is 12.1 Å². The summed E-state index contributed by atoms with van der Waals surface area (Å²) in [4.78, 5) is 13.7. The Balaban J connectivity index is 4.73. The molecule has 0 rings (SSSR count). The van der Waals surface area contributed by atoms with Gasteiger partial charge in [-0.1, -0.05) is 6.92 Å². The number of nitrogens with zero attached hydrogens (tertiary/aromatic N) is 1. The van der Waals surface area contributed by atoms with Gasteiger partial charge in [0.25, 0.3) is 0 Å². The number of rotatable bonds is 8. The van der Waals surface area contributed by atoms with Gasteiger partial charge in [0.15, 0.2) is 0 Å². The summed E-state index contributed by atoms with van der Waals surface area (Å²) in [5.41, 5.74) is -0.866. The Labute approximate surface area is 112 Å². The van der Waals surface area contributed by atoms with E-state index in [4.69, 9.17) is 0 Å². The first-order valence-corrected chi connectivity index (χ1v) is 6.87. The van der Waals surface area contributed by atoms with Crippen molar-refractivity contribution >= 4 is 5.97 Å². The molecule has 0 aliphatic carbocycles. The number of carbonyl (C=O) groups is 1. The second-order valence-corrected chi connectivity index (χ2v) is 5.91. The largest absolute Gasteiger partial charge is 0.480 e. The minimum absolute atomic E-state index is 0.159. The molecule has 0 aromatic heterocycles. The van der Waals surface area contributed by atoms with Gasteiger partial charge in [0.1, 0.15) is 5.54 Å². The molecular formula is C14H30N2O2. The van der Waals surface area contributed by atoms with Gasteiger partial charge in [-0.2, -0.15) is 0 Å². The van der Waals surface area contributed by atoms with Crippen LogP contribution in [0.4, 0.5) is 0 Å². The lowest BCUT2D eigenvalue weighted by atomic mass is 9.91. The van der Waals surface area contributed by atoms with Gasteiger partial charge in [-0.05, 0) is 54.5 Å². The predicted molar refractivity (Wildman–Crippen MR) is 75.9 cm³/mol. The maximum Gasteiger partial charge on any atom is 0.323 e. The summed E-state index contributed by atoms with van der Waals surface area (Å²) in [5.74, 6) is -0.777. The van der Waals surface area contributed by atoms with Crippen molar-refractivity contribution in [2.75, 3.05) is 7.05 Å². The van der Waals surface area contributed by atoms with E-state index < -0.39 is 11.5 Å². The summed E-state index contributed by atoms with van der Waals surface area (Å²) < 4.78 is 0. The van der Waals surface area contributed by atoms with Crippen LogP contribution in [-0.4, -0.2) is 46.7 Å². The summed E-state index contributed by atoms with van der Waals surface area (Å²) in [7, 11) is 2.07. The summed E-state index contributed by atoms with van der Waals surface area (Å²) in [5, 5.41) is 12.6. The van der Waals surface area contributed by atoms with Crippen LogP contribution in [0.3, 0.4) is 0 Å². The van der Waals surface area contributed by atoms with Crippen LogP contribution in [0.25, 0.3) is 0 Å². The lowest BCUT2D eigenvalue weighted by Gasteiger charge is -2.37. The van der Waals surface area contributed by atoms with Crippen molar-refractivity contribution in [1.82, 2.24) is 10.2 Å². The van der Waals surface area contributed by atoms with Gasteiger partial charge in [-0.25, -0.2) is 0 Å². The van der Waals surface area contributed by atoms with Crippen molar-refractivity contribution in [3.05, 3.63) is 0 Å². The van der Waals surface area contributed by atoms with Gasteiger partial charge in [-0.15, -0.1) is 0 Å². The minimum atomic E-state index is -0.866. The average Bonchev–Trinajstić information content (AvgIpc) is 2.25. The summed E-state index contributed by atoms with van der Waals surface area (Å²) in [6.45, 7) is 12.1. The van der Waals surface area contributed by atoms with Crippen LogP contribution in [0.1, 0.15) is 54.4 Å². The second kappa shape index (κ2) is 7.10. The van der Waals surface area contributed by atoms with Gasteiger partial charge >= 0.3 is 5.97 Å². The van der Waals surface area contributed by atoms with E-state index in [1.165, 1.54) is 0 Å².